The lowest BCUT2D eigenvalue weighted by molar-refractivity contribution is -0.161. The van der Waals surface area contributed by atoms with Crippen molar-refractivity contribution in [2.75, 3.05) is 24.7 Å². The van der Waals surface area contributed by atoms with E-state index >= 15 is 0 Å². The maximum absolute atomic E-state index is 15.0. The Morgan fingerprint density at radius 1 is 0.977 bits per heavy atom. The lowest BCUT2D eigenvalue weighted by atomic mass is 9.73. The van der Waals surface area contributed by atoms with E-state index in [0.717, 1.165) is 36.1 Å². The molecule has 0 bridgehead atoms. The number of allylic oxidation sites excluding steroid dienone is 1. The molecule has 2 fully saturated rings. The molecule has 0 aromatic heterocycles. The van der Waals surface area contributed by atoms with Crippen LogP contribution >= 0.6 is 0 Å². The summed E-state index contributed by atoms with van der Waals surface area (Å²) >= 11 is 0. The zero-order valence-electron chi connectivity index (χ0n) is 25.1. The predicted molar refractivity (Wildman–Crippen MR) is 162 cm³/mol. The van der Waals surface area contributed by atoms with Crippen molar-refractivity contribution >= 4 is 23.5 Å². The highest BCUT2D eigenvalue weighted by molar-refractivity contribution is 6.06. The van der Waals surface area contributed by atoms with Gasteiger partial charge in [-0.3, -0.25) is 14.4 Å². The van der Waals surface area contributed by atoms with E-state index < -0.39 is 53.6 Å². The lowest BCUT2D eigenvalue weighted by Gasteiger charge is -2.41. The number of aliphatic hydroxyl groups excluding tert-OH is 1. The maximum atomic E-state index is 15.0. The van der Waals surface area contributed by atoms with Crippen molar-refractivity contribution in [1.29, 1.82) is 0 Å². The number of cyclic esters (lactones) is 1. The molecule has 4 aliphatic rings. The number of ether oxygens (including phenoxy) is 2. The van der Waals surface area contributed by atoms with Gasteiger partial charge in [-0.2, -0.15) is 0 Å². The van der Waals surface area contributed by atoms with Crippen LogP contribution in [0.5, 0.6) is 0 Å². The van der Waals surface area contributed by atoms with Crippen molar-refractivity contribution < 1.29 is 29.0 Å². The number of amides is 2. The predicted octanol–water partition coefficient (Wildman–Crippen LogP) is 4.58. The minimum Gasteiger partial charge on any atom is -0.465 e. The molecule has 6 atom stereocenters. The Balaban J connectivity index is 1.56. The highest BCUT2D eigenvalue weighted by atomic mass is 16.6. The molecule has 1 N–H and O–H groups in total. The van der Waals surface area contributed by atoms with Crippen molar-refractivity contribution in [2.24, 2.45) is 11.8 Å². The van der Waals surface area contributed by atoms with Gasteiger partial charge in [0.05, 0.1) is 25.2 Å². The first-order valence-corrected chi connectivity index (χ1v) is 15.4. The zero-order chi connectivity index (χ0) is 30.4. The van der Waals surface area contributed by atoms with Crippen LogP contribution in [0.3, 0.4) is 0 Å². The molecule has 43 heavy (non-hydrogen) atoms. The highest BCUT2D eigenvalue weighted by Crippen LogP contribution is 2.59. The van der Waals surface area contributed by atoms with E-state index in [0.29, 0.717) is 12.0 Å². The molecular weight excluding hydrogens is 544 g/mol. The van der Waals surface area contributed by atoms with Crippen LogP contribution in [0.25, 0.3) is 0 Å². The molecule has 8 heteroatoms. The number of rotatable bonds is 5. The Bertz CT molecular complexity index is 1470. The molecule has 1 spiro atoms. The molecule has 8 nitrogen and oxygen atoms in total. The Morgan fingerprint density at radius 2 is 1.77 bits per heavy atom. The van der Waals surface area contributed by atoms with E-state index in [-0.39, 0.29) is 19.1 Å². The SMILES string of the molecule is CC[C@@]12/C=C\CCCCOC(=O)[C@@H]1[C@H]1C(=O)N([C@H](CO)c3ccccc3)C3C(=O)N(c4cc(C)ccc4C)CC=C[C@@]31O2. The molecule has 2 aromatic carbocycles. The smallest absolute Gasteiger partial charge is 0.313 e. The van der Waals surface area contributed by atoms with Crippen molar-refractivity contribution in [3.8, 4) is 0 Å². The number of aryl methyl sites for hydroxylation is 2. The quantitative estimate of drug-likeness (QED) is 0.408. The molecule has 226 valence electrons. The molecule has 6 rings (SSSR count). The fourth-order valence-electron chi connectivity index (χ4n) is 7.57. The molecule has 0 radical (unpaired) electrons. The largest absolute Gasteiger partial charge is 0.465 e. The van der Waals surface area contributed by atoms with Crippen molar-refractivity contribution in [1.82, 2.24) is 4.90 Å². The molecule has 4 heterocycles. The molecule has 1 unspecified atom stereocenters. The van der Waals surface area contributed by atoms with E-state index in [4.69, 9.17) is 9.47 Å². The third-order valence-corrected chi connectivity index (χ3v) is 9.67. The zero-order valence-corrected chi connectivity index (χ0v) is 25.1. The summed E-state index contributed by atoms with van der Waals surface area (Å²) < 4.78 is 12.9. The van der Waals surface area contributed by atoms with Crippen molar-refractivity contribution in [2.45, 2.75) is 69.7 Å². The number of carbonyl (C=O) groups is 3. The average molecular weight is 585 g/mol. The van der Waals surface area contributed by atoms with Crippen LogP contribution in [0, 0.1) is 25.7 Å². The summed E-state index contributed by atoms with van der Waals surface area (Å²) in [6.45, 7) is 6.02. The van der Waals surface area contributed by atoms with E-state index in [9.17, 15) is 19.5 Å². The summed E-state index contributed by atoms with van der Waals surface area (Å²) in [6.07, 6.45) is 10.5. The first kappa shape index (κ1) is 29.3. The first-order chi connectivity index (χ1) is 20.8. The number of fused-ring (bicyclic) bond motifs is 2. The summed E-state index contributed by atoms with van der Waals surface area (Å²) in [5.41, 5.74) is 0.815. The van der Waals surface area contributed by atoms with Gasteiger partial charge in [0.2, 0.25) is 5.91 Å². The maximum Gasteiger partial charge on any atom is 0.313 e. The Morgan fingerprint density at radius 3 is 2.51 bits per heavy atom. The van der Waals surface area contributed by atoms with Crippen LogP contribution < -0.4 is 4.90 Å². The van der Waals surface area contributed by atoms with Gasteiger partial charge in [0, 0.05) is 12.2 Å². The first-order valence-electron chi connectivity index (χ1n) is 15.4. The molecule has 0 saturated carbocycles. The average Bonchev–Trinajstić information content (AvgIpc) is 3.37. The van der Waals surface area contributed by atoms with Gasteiger partial charge in [0.25, 0.3) is 5.91 Å². The number of aliphatic hydroxyl groups is 1. The molecule has 2 amide bonds. The number of hydrogen-bond acceptors (Lipinski definition) is 6. The van der Waals surface area contributed by atoms with Gasteiger partial charge >= 0.3 is 5.97 Å². The number of hydrogen-bond donors (Lipinski definition) is 1. The minimum atomic E-state index is -1.44. The minimum absolute atomic E-state index is 0.266. The topological polar surface area (TPSA) is 96.4 Å². The van der Waals surface area contributed by atoms with Crippen molar-refractivity contribution in [3.05, 3.63) is 89.5 Å². The van der Waals surface area contributed by atoms with Crippen LogP contribution in [0.4, 0.5) is 5.69 Å². The third kappa shape index (κ3) is 4.62. The van der Waals surface area contributed by atoms with Crippen LogP contribution in [-0.2, 0) is 23.9 Å². The molecule has 4 aliphatic heterocycles. The van der Waals surface area contributed by atoms with E-state index in [1.807, 2.05) is 93.6 Å². The Kier molecular flexibility index (Phi) is 7.77. The Hall–Kier alpha value is -3.75. The molecule has 2 saturated heterocycles. The van der Waals surface area contributed by atoms with Gasteiger partial charge in [0.15, 0.2) is 0 Å². The number of nitrogens with zero attached hydrogens (tertiary/aromatic N) is 2. The number of anilines is 1. The number of benzene rings is 2. The second-order valence-corrected chi connectivity index (χ2v) is 12.2. The summed E-state index contributed by atoms with van der Waals surface area (Å²) in [4.78, 5) is 46.9. The van der Waals surface area contributed by atoms with Crippen LogP contribution in [0.1, 0.15) is 55.3 Å². The van der Waals surface area contributed by atoms with Crippen LogP contribution in [-0.4, -0.2) is 64.8 Å². The standard InChI is InChI=1S/C35H40N2O6/c1-4-34-17-10-5-6-11-20-42-33(41)29(34)28-31(39)37(27(22-38)25-13-8-7-9-14-25)30-32(40)36(19-12-18-35(28,30)43-34)26-21-23(2)15-16-24(26)3/h7-10,12-18,21,27-30,38H,4-6,11,19-20,22H2,1-3H3/b17-10-/t27-,28+,29+,30?,34-,35+/m1/s1. The second-order valence-electron chi connectivity index (χ2n) is 12.2. The molecule has 2 aromatic rings. The number of carbonyl (C=O) groups excluding carboxylic acids is 3. The van der Waals surface area contributed by atoms with Crippen LogP contribution in [0.2, 0.25) is 0 Å². The molecule has 0 aliphatic carbocycles. The third-order valence-electron chi connectivity index (χ3n) is 9.67. The Labute approximate surface area is 253 Å². The van der Waals surface area contributed by atoms with E-state index in [1.54, 1.807) is 4.90 Å². The van der Waals surface area contributed by atoms with Gasteiger partial charge in [-0.15, -0.1) is 0 Å². The summed E-state index contributed by atoms with van der Waals surface area (Å²) in [5.74, 6) is -3.15. The normalized spacial score (nSPS) is 32.0. The summed E-state index contributed by atoms with van der Waals surface area (Å²) in [6, 6.07) is 13.2. The van der Waals surface area contributed by atoms with Gasteiger partial charge in [-0.25, -0.2) is 0 Å². The number of esters is 1. The van der Waals surface area contributed by atoms with Crippen molar-refractivity contribution in [3.63, 3.8) is 0 Å². The van der Waals surface area contributed by atoms with Gasteiger partial charge in [-0.1, -0.05) is 73.7 Å². The summed E-state index contributed by atoms with van der Waals surface area (Å²) in [5, 5.41) is 10.8. The monoisotopic (exact) mass is 584 g/mol. The summed E-state index contributed by atoms with van der Waals surface area (Å²) in [7, 11) is 0. The van der Waals surface area contributed by atoms with Gasteiger partial charge in [-0.05, 0) is 62.3 Å². The number of likely N-dealkylation sites (tertiary alicyclic amines) is 1. The van der Waals surface area contributed by atoms with E-state index in [1.165, 1.54) is 4.90 Å². The van der Waals surface area contributed by atoms with Crippen LogP contribution in [0.15, 0.2) is 72.8 Å². The van der Waals surface area contributed by atoms with Gasteiger partial charge < -0.3 is 24.4 Å². The van der Waals surface area contributed by atoms with E-state index in [2.05, 4.69) is 0 Å². The lowest BCUT2D eigenvalue weighted by Crippen LogP contribution is -2.57. The molecular formula is C35H40N2O6. The second kappa shape index (κ2) is 11.4. The van der Waals surface area contributed by atoms with Gasteiger partial charge in [0.1, 0.15) is 23.2 Å². The highest BCUT2D eigenvalue weighted by Gasteiger charge is 2.76. The fraction of sp³-hybridized carbons (Fsp3) is 0.457. The fourth-order valence-corrected chi connectivity index (χ4v) is 7.57.